The minimum absolute atomic E-state index is 0.0388. The van der Waals surface area contributed by atoms with E-state index in [2.05, 4.69) is 4.98 Å². The maximum atomic E-state index is 14.9. The maximum absolute atomic E-state index is 14.9. The number of pyridine rings is 1. The van der Waals surface area contributed by atoms with Crippen LogP contribution in [0.5, 0.6) is 5.75 Å². The van der Waals surface area contributed by atoms with Gasteiger partial charge in [-0.3, -0.25) is 4.79 Å². The predicted octanol–water partition coefficient (Wildman–Crippen LogP) is 2.68. The molecule has 0 aliphatic heterocycles. The quantitative estimate of drug-likeness (QED) is 0.587. The number of carbonyl (C=O) groups excluding carboxylic acids is 1. The summed E-state index contributed by atoms with van der Waals surface area (Å²) in [6.45, 7) is 1.48. The minimum atomic E-state index is -1.53. The van der Waals surface area contributed by atoms with Crippen LogP contribution in [0, 0.1) is 11.6 Å². The van der Waals surface area contributed by atoms with Gasteiger partial charge in [-0.05, 0) is 19.8 Å². The van der Waals surface area contributed by atoms with Crippen LogP contribution >= 0.6 is 0 Å². The molecule has 1 aliphatic rings. The molecule has 1 fully saturated rings. The second-order valence-electron chi connectivity index (χ2n) is 6.49. The smallest absolute Gasteiger partial charge is 0.358 e. The predicted molar refractivity (Wildman–Crippen MR) is 92.8 cm³/mol. The standard InChI is InChI=1S/C18H14F2N2O6/c1-2-28-18(27)13-16(24)8-10(19)11(20)14-9(12(8)21-13)15(23)7(17(25)26)5-22(14)6-3-4-6/h5-6,21,24H,2-4H2,1H3,(H,25,26). The van der Waals surface area contributed by atoms with Crippen molar-refractivity contribution in [2.75, 3.05) is 6.61 Å². The molecule has 1 aliphatic carbocycles. The van der Waals surface area contributed by atoms with E-state index in [4.69, 9.17) is 4.74 Å². The topological polar surface area (TPSA) is 122 Å². The Morgan fingerprint density at radius 1 is 1.29 bits per heavy atom. The molecular weight excluding hydrogens is 378 g/mol. The number of aromatic nitrogens is 2. The number of carbonyl (C=O) groups is 2. The first-order valence-electron chi connectivity index (χ1n) is 8.48. The number of hydrogen-bond acceptors (Lipinski definition) is 5. The summed E-state index contributed by atoms with van der Waals surface area (Å²) in [6.07, 6.45) is 2.22. The number of H-pyrrole nitrogens is 1. The van der Waals surface area contributed by atoms with Crippen LogP contribution in [0.2, 0.25) is 0 Å². The van der Waals surface area contributed by atoms with Crippen LogP contribution in [0.15, 0.2) is 11.0 Å². The Labute approximate surface area is 154 Å². The van der Waals surface area contributed by atoms with Crippen LogP contribution in [0.3, 0.4) is 0 Å². The van der Waals surface area contributed by atoms with Gasteiger partial charge in [0.05, 0.1) is 28.4 Å². The van der Waals surface area contributed by atoms with Gasteiger partial charge >= 0.3 is 11.9 Å². The number of aromatic carboxylic acids is 1. The fourth-order valence-electron chi connectivity index (χ4n) is 3.34. The van der Waals surface area contributed by atoms with E-state index in [1.807, 2.05) is 0 Å². The highest BCUT2D eigenvalue weighted by Crippen LogP contribution is 2.41. The Hall–Kier alpha value is -3.43. The zero-order valence-electron chi connectivity index (χ0n) is 14.5. The van der Waals surface area contributed by atoms with Crippen molar-refractivity contribution in [3.8, 4) is 5.75 Å². The van der Waals surface area contributed by atoms with E-state index in [-0.39, 0.29) is 18.2 Å². The number of nitrogens with zero attached hydrogens (tertiary/aromatic N) is 1. The largest absolute Gasteiger partial charge is 0.505 e. The van der Waals surface area contributed by atoms with Gasteiger partial charge in [0.15, 0.2) is 23.1 Å². The van der Waals surface area contributed by atoms with Crippen LogP contribution in [0.25, 0.3) is 21.8 Å². The highest BCUT2D eigenvalue weighted by Gasteiger charge is 2.33. The molecule has 10 heteroatoms. The van der Waals surface area contributed by atoms with Crippen LogP contribution in [0.1, 0.15) is 46.7 Å². The number of ether oxygens (including phenoxy) is 1. The lowest BCUT2D eigenvalue weighted by molar-refractivity contribution is 0.0516. The molecule has 1 saturated carbocycles. The van der Waals surface area contributed by atoms with Crippen LogP contribution in [-0.4, -0.2) is 38.3 Å². The third-order valence-electron chi connectivity index (χ3n) is 4.73. The number of esters is 1. The Morgan fingerprint density at radius 2 is 1.96 bits per heavy atom. The van der Waals surface area contributed by atoms with Gasteiger partial charge in [0.1, 0.15) is 5.56 Å². The average molecular weight is 392 g/mol. The SMILES string of the molecule is CCOC(=O)c1[nH]c2c(c1O)c(F)c(F)c1c2c(=O)c(C(=O)O)cn1C1CC1. The second kappa shape index (κ2) is 6.04. The van der Waals surface area contributed by atoms with Gasteiger partial charge in [0.2, 0.25) is 5.43 Å². The Kier molecular flexibility index (Phi) is 3.88. The summed E-state index contributed by atoms with van der Waals surface area (Å²) in [7, 11) is 0. The summed E-state index contributed by atoms with van der Waals surface area (Å²) in [5, 5.41) is 18.4. The van der Waals surface area contributed by atoms with E-state index in [0.717, 1.165) is 6.20 Å². The number of fused-ring (bicyclic) bond motifs is 3. The van der Waals surface area contributed by atoms with Crippen molar-refractivity contribution >= 4 is 33.7 Å². The van der Waals surface area contributed by atoms with E-state index in [1.165, 1.54) is 11.5 Å². The first-order chi connectivity index (χ1) is 13.3. The number of hydrogen-bond donors (Lipinski definition) is 3. The molecule has 0 atom stereocenters. The lowest BCUT2D eigenvalue weighted by Gasteiger charge is -2.13. The zero-order valence-corrected chi connectivity index (χ0v) is 14.5. The van der Waals surface area contributed by atoms with Crippen molar-refractivity contribution in [1.29, 1.82) is 0 Å². The summed E-state index contributed by atoms with van der Waals surface area (Å²) in [5.41, 5.74) is -3.02. The summed E-state index contributed by atoms with van der Waals surface area (Å²) in [6, 6.07) is -0.277. The Bertz CT molecular complexity index is 1240. The minimum Gasteiger partial charge on any atom is -0.505 e. The number of carboxylic acid groups (broad SMARTS) is 1. The van der Waals surface area contributed by atoms with Gasteiger partial charge < -0.3 is 24.5 Å². The van der Waals surface area contributed by atoms with E-state index in [9.17, 15) is 33.4 Å². The highest BCUT2D eigenvalue weighted by atomic mass is 19.2. The normalized spacial score (nSPS) is 14.0. The molecule has 4 rings (SSSR count). The molecule has 0 saturated heterocycles. The average Bonchev–Trinajstić information content (AvgIpc) is 3.42. The molecule has 0 bridgehead atoms. The lowest BCUT2D eigenvalue weighted by atomic mass is 10.1. The van der Waals surface area contributed by atoms with Crippen molar-refractivity contribution in [1.82, 2.24) is 9.55 Å². The molecule has 0 unspecified atom stereocenters. The Morgan fingerprint density at radius 3 is 2.54 bits per heavy atom. The van der Waals surface area contributed by atoms with Gasteiger partial charge in [-0.15, -0.1) is 0 Å². The summed E-state index contributed by atoms with van der Waals surface area (Å²) < 4.78 is 35.7. The van der Waals surface area contributed by atoms with Crippen LogP contribution in [-0.2, 0) is 4.74 Å². The third-order valence-corrected chi connectivity index (χ3v) is 4.73. The number of nitrogens with one attached hydrogen (secondary N) is 1. The highest BCUT2D eigenvalue weighted by molar-refractivity contribution is 6.12. The zero-order chi connectivity index (χ0) is 20.3. The molecular formula is C18H14F2N2O6. The monoisotopic (exact) mass is 392 g/mol. The van der Waals surface area contributed by atoms with E-state index >= 15 is 0 Å². The number of aromatic hydroxyl groups is 1. The van der Waals surface area contributed by atoms with Crippen molar-refractivity contribution in [3.05, 3.63) is 39.3 Å². The Balaban J connectivity index is 2.23. The van der Waals surface area contributed by atoms with E-state index in [0.29, 0.717) is 12.8 Å². The van der Waals surface area contributed by atoms with Crippen molar-refractivity contribution in [2.45, 2.75) is 25.8 Å². The molecule has 8 nitrogen and oxygen atoms in total. The third kappa shape index (κ3) is 2.37. The fraction of sp³-hybridized carbons (Fsp3) is 0.278. The molecule has 0 spiro atoms. The molecule has 146 valence electrons. The molecule has 2 aromatic heterocycles. The number of rotatable bonds is 4. The van der Waals surface area contributed by atoms with Crippen molar-refractivity contribution in [2.24, 2.45) is 0 Å². The fourth-order valence-corrected chi connectivity index (χ4v) is 3.34. The van der Waals surface area contributed by atoms with Gasteiger partial charge in [0.25, 0.3) is 0 Å². The first kappa shape index (κ1) is 18.0. The van der Waals surface area contributed by atoms with Crippen molar-refractivity contribution in [3.63, 3.8) is 0 Å². The summed E-state index contributed by atoms with van der Waals surface area (Å²) >= 11 is 0. The number of halogens is 2. The van der Waals surface area contributed by atoms with Crippen LogP contribution < -0.4 is 5.43 Å². The molecule has 28 heavy (non-hydrogen) atoms. The molecule has 3 N–H and O–H groups in total. The molecule has 1 aromatic carbocycles. The molecule has 0 radical (unpaired) electrons. The molecule has 2 heterocycles. The van der Waals surface area contributed by atoms with Gasteiger partial charge in [-0.1, -0.05) is 0 Å². The van der Waals surface area contributed by atoms with Crippen LogP contribution in [0.4, 0.5) is 8.78 Å². The first-order valence-corrected chi connectivity index (χ1v) is 8.48. The maximum Gasteiger partial charge on any atom is 0.358 e. The molecule has 3 aromatic rings. The summed E-state index contributed by atoms with van der Waals surface area (Å²) in [4.78, 5) is 38.7. The van der Waals surface area contributed by atoms with Crippen molar-refractivity contribution < 1.29 is 33.3 Å². The molecule has 0 amide bonds. The summed E-state index contributed by atoms with van der Waals surface area (Å²) in [5.74, 6) is -6.33. The van der Waals surface area contributed by atoms with E-state index < -0.39 is 62.3 Å². The van der Waals surface area contributed by atoms with Gasteiger partial charge in [0, 0.05) is 12.2 Å². The van der Waals surface area contributed by atoms with Gasteiger partial charge in [-0.25, -0.2) is 18.4 Å². The second-order valence-corrected chi connectivity index (χ2v) is 6.49. The number of aromatic amines is 1. The van der Waals surface area contributed by atoms with Gasteiger partial charge in [-0.2, -0.15) is 0 Å². The van der Waals surface area contributed by atoms with E-state index in [1.54, 1.807) is 0 Å². The lowest BCUT2D eigenvalue weighted by Crippen LogP contribution is -2.20. The number of benzene rings is 1. The number of carboxylic acids is 1.